The van der Waals surface area contributed by atoms with E-state index >= 15 is 0 Å². The summed E-state index contributed by atoms with van der Waals surface area (Å²) < 4.78 is 13.3. The summed E-state index contributed by atoms with van der Waals surface area (Å²) in [6.07, 6.45) is 7.43. The Balaban J connectivity index is 1.46. The van der Waals surface area contributed by atoms with Gasteiger partial charge in [0.1, 0.15) is 5.82 Å². The average molecular weight is 384 g/mol. The molecule has 146 valence electrons. The Morgan fingerprint density at radius 2 is 1.62 bits per heavy atom. The smallest absolute Gasteiger partial charge is 0.123 e. The van der Waals surface area contributed by atoms with Crippen molar-refractivity contribution in [2.75, 3.05) is 13.1 Å². The molecule has 0 saturated carbocycles. The molecule has 0 fully saturated rings. The van der Waals surface area contributed by atoms with Gasteiger partial charge in [0, 0.05) is 36.7 Å². The van der Waals surface area contributed by atoms with Crippen LogP contribution in [0.3, 0.4) is 0 Å². The van der Waals surface area contributed by atoms with Crippen LogP contribution in [0, 0.1) is 5.82 Å². The van der Waals surface area contributed by atoms with E-state index in [1.807, 2.05) is 30.3 Å². The predicted octanol–water partition coefficient (Wildman–Crippen LogP) is 6.07. The Kier molecular flexibility index (Phi) is 6.18. The Morgan fingerprint density at radius 3 is 2.45 bits per heavy atom. The molecule has 1 aromatic heterocycles. The maximum atomic E-state index is 13.3. The maximum absolute atomic E-state index is 13.3. The van der Waals surface area contributed by atoms with Crippen LogP contribution in [0.15, 0.2) is 91.1 Å². The number of halogens is 1. The fourth-order valence-corrected chi connectivity index (χ4v) is 3.60. The number of hydrogen-bond acceptors (Lipinski definition) is 1. The van der Waals surface area contributed by atoms with Crippen LogP contribution in [0.1, 0.15) is 16.7 Å². The van der Waals surface area contributed by atoms with Gasteiger partial charge in [-0.2, -0.15) is 0 Å². The zero-order valence-corrected chi connectivity index (χ0v) is 16.4. The molecule has 2 nitrogen and oxygen atoms in total. The normalized spacial score (nSPS) is 11.7. The summed E-state index contributed by atoms with van der Waals surface area (Å²) in [5.41, 5.74) is 4.83. The second-order valence-corrected chi connectivity index (χ2v) is 7.28. The molecule has 0 radical (unpaired) electrons. The van der Waals surface area contributed by atoms with Crippen molar-refractivity contribution < 1.29 is 4.39 Å². The highest BCUT2D eigenvalue weighted by molar-refractivity contribution is 5.83. The highest BCUT2D eigenvalue weighted by Crippen LogP contribution is 2.19. The zero-order chi connectivity index (χ0) is 19.9. The summed E-state index contributed by atoms with van der Waals surface area (Å²) in [7, 11) is 0. The minimum Gasteiger partial charge on any atom is -0.361 e. The van der Waals surface area contributed by atoms with Crippen LogP contribution in [0.4, 0.5) is 4.39 Å². The third-order valence-electron chi connectivity index (χ3n) is 5.17. The molecule has 0 amide bonds. The first-order valence-corrected chi connectivity index (χ1v) is 10.0. The molecule has 3 heteroatoms. The van der Waals surface area contributed by atoms with Crippen LogP contribution in [0.5, 0.6) is 0 Å². The van der Waals surface area contributed by atoms with Gasteiger partial charge in [-0.1, -0.05) is 72.8 Å². The van der Waals surface area contributed by atoms with Crippen LogP contribution in [0.25, 0.3) is 17.0 Å². The van der Waals surface area contributed by atoms with Crippen molar-refractivity contribution in [2.24, 2.45) is 0 Å². The number of benzene rings is 3. The monoisotopic (exact) mass is 384 g/mol. The molecule has 3 aromatic carbocycles. The summed E-state index contributed by atoms with van der Waals surface area (Å²) >= 11 is 0. The molecule has 0 saturated heterocycles. The van der Waals surface area contributed by atoms with Crippen molar-refractivity contribution in [2.45, 2.75) is 13.0 Å². The van der Waals surface area contributed by atoms with Gasteiger partial charge in [-0.05, 0) is 41.3 Å². The lowest BCUT2D eigenvalue weighted by Crippen LogP contribution is -2.26. The van der Waals surface area contributed by atoms with E-state index in [0.29, 0.717) is 0 Å². The third kappa shape index (κ3) is 5.21. The van der Waals surface area contributed by atoms with Crippen LogP contribution < -0.4 is 0 Å². The van der Waals surface area contributed by atoms with Crippen molar-refractivity contribution in [3.8, 4) is 0 Å². The first-order chi connectivity index (χ1) is 14.3. The van der Waals surface area contributed by atoms with E-state index < -0.39 is 0 Å². The van der Waals surface area contributed by atoms with Crippen LogP contribution in [-0.2, 0) is 13.0 Å². The number of aromatic amines is 1. The minimum atomic E-state index is -0.192. The molecule has 0 unspecified atom stereocenters. The fraction of sp³-hybridized carbons (Fsp3) is 0.154. The number of nitrogens with zero attached hydrogens (tertiary/aromatic N) is 1. The summed E-state index contributed by atoms with van der Waals surface area (Å²) in [6.45, 7) is 2.56. The second-order valence-electron chi connectivity index (χ2n) is 7.28. The van der Waals surface area contributed by atoms with E-state index in [1.165, 1.54) is 34.2 Å². The zero-order valence-electron chi connectivity index (χ0n) is 16.4. The second kappa shape index (κ2) is 9.35. The maximum Gasteiger partial charge on any atom is 0.123 e. The van der Waals surface area contributed by atoms with Crippen molar-refractivity contribution in [3.63, 3.8) is 0 Å². The van der Waals surface area contributed by atoms with Gasteiger partial charge in [0.05, 0.1) is 0 Å². The first kappa shape index (κ1) is 19.2. The molecule has 0 spiro atoms. The molecule has 4 aromatic rings. The largest absolute Gasteiger partial charge is 0.361 e. The van der Waals surface area contributed by atoms with Crippen molar-refractivity contribution in [1.82, 2.24) is 9.88 Å². The Labute approximate surface area is 171 Å². The summed E-state index contributed by atoms with van der Waals surface area (Å²) in [5.74, 6) is -0.192. The Bertz CT molecular complexity index is 1060. The lowest BCUT2D eigenvalue weighted by Gasteiger charge is -2.21. The summed E-state index contributed by atoms with van der Waals surface area (Å²) in [6, 6.07) is 25.6. The molecular weight excluding hydrogens is 359 g/mol. The van der Waals surface area contributed by atoms with Gasteiger partial charge in [0.15, 0.2) is 0 Å². The topological polar surface area (TPSA) is 19.0 Å². The SMILES string of the molecule is Fc1ccc(CN(CC=Cc2ccccc2)CCc2c[nH]c3ccccc23)cc1. The standard InChI is InChI=1S/C26H25FN2/c27-24-14-12-22(13-15-24)20-29(17-6-9-21-7-2-1-3-8-21)18-16-23-19-28-26-11-5-4-10-25(23)26/h1-15,19,28H,16-18,20H2. The molecule has 0 aliphatic carbocycles. The molecule has 4 rings (SSSR count). The van der Waals surface area contributed by atoms with E-state index in [9.17, 15) is 4.39 Å². The van der Waals surface area contributed by atoms with Gasteiger partial charge < -0.3 is 4.98 Å². The fourth-order valence-electron chi connectivity index (χ4n) is 3.60. The van der Waals surface area contributed by atoms with E-state index in [0.717, 1.165) is 31.6 Å². The molecule has 0 aliphatic rings. The number of rotatable bonds is 8. The van der Waals surface area contributed by atoms with Gasteiger partial charge in [-0.3, -0.25) is 4.90 Å². The lowest BCUT2D eigenvalue weighted by molar-refractivity contribution is 0.299. The minimum absolute atomic E-state index is 0.192. The molecule has 1 N–H and O–H groups in total. The van der Waals surface area contributed by atoms with Crippen molar-refractivity contribution in [3.05, 3.63) is 114 Å². The van der Waals surface area contributed by atoms with Crippen molar-refractivity contribution >= 4 is 17.0 Å². The highest BCUT2D eigenvalue weighted by atomic mass is 19.1. The average Bonchev–Trinajstić information content (AvgIpc) is 3.17. The van der Waals surface area contributed by atoms with E-state index in [-0.39, 0.29) is 5.82 Å². The number of hydrogen-bond donors (Lipinski definition) is 1. The van der Waals surface area contributed by atoms with Gasteiger partial charge in [0.25, 0.3) is 0 Å². The number of para-hydroxylation sites is 1. The van der Waals surface area contributed by atoms with Crippen molar-refractivity contribution in [1.29, 1.82) is 0 Å². The quantitative estimate of drug-likeness (QED) is 0.391. The molecule has 29 heavy (non-hydrogen) atoms. The van der Waals surface area contributed by atoms with E-state index in [1.54, 1.807) is 0 Å². The third-order valence-corrected chi connectivity index (χ3v) is 5.17. The summed E-state index contributed by atoms with van der Waals surface area (Å²) in [4.78, 5) is 5.76. The molecule has 1 heterocycles. The summed E-state index contributed by atoms with van der Waals surface area (Å²) in [5, 5.41) is 1.29. The Morgan fingerprint density at radius 1 is 0.862 bits per heavy atom. The molecule has 0 atom stereocenters. The lowest BCUT2D eigenvalue weighted by atomic mass is 10.1. The van der Waals surface area contributed by atoms with Crippen LogP contribution in [0.2, 0.25) is 0 Å². The van der Waals surface area contributed by atoms with E-state index in [4.69, 9.17) is 0 Å². The Hall–Kier alpha value is -3.17. The number of H-pyrrole nitrogens is 1. The van der Waals surface area contributed by atoms with Crippen LogP contribution in [-0.4, -0.2) is 23.0 Å². The van der Waals surface area contributed by atoms with Gasteiger partial charge >= 0.3 is 0 Å². The van der Waals surface area contributed by atoms with Gasteiger partial charge in [0.2, 0.25) is 0 Å². The number of aromatic nitrogens is 1. The highest BCUT2D eigenvalue weighted by Gasteiger charge is 2.08. The van der Waals surface area contributed by atoms with E-state index in [2.05, 4.69) is 64.6 Å². The number of nitrogens with one attached hydrogen (secondary N) is 1. The van der Waals surface area contributed by atoms with Crippen LogP contribution >= 0.6 is 0 Å². The van der Waals surface area contributed by atoms with Gasteiger partial charge in [-0.15, -0.1) is 0 Å². The molecule has 0 aliphatic heterocycles. The molecule has 0 bridgehead atoms. The predicted molar refractivity (Wildman–Crippen MR) is 119 cm³/mol. The van der Waals surface area contributed by atoms with Gasteiger partial charge in [-0.25, -0.2) is 4.39 Å². The molecular formula is C26H25FN2. The number of fused-ring (bicyclic) bond motifs is 1. The first-order valence-electron chi connectivity index (χ1n) is 10.0.